The number of benzene rings is 1. The van der Waals surface area contributed by atoms with Gasteiger partial charge < -0.3 is 4.90 Å². The Balaban J connectivity index is 2.22. The van der Waals surface area contributed by atoms with E-state index in [4.69, 9.17) is 11.6 Å². The van der Waals surface area contributed by atoms with Gasteiger partial charge in [-0.1, -0.05) is 11.6 Å². The maximum atomic E-state index is 12.3. The number of hydrogen-bond donors (Lipinski definition) is 0. The van der Waals surface area contributed by atoms with E-state index in [-0.39, 0.29) is 11.8 Å². The third-order valence-electron chi connectivity index (χ3n) is 2.89. The number of hydrazone groups is 1. The number of carbonyl (C=O) groups excluding carboxylic acids is 1. The first-order valence-corrected chi connectivity index (χ1v) is 6.16. The zero-order valence-corrected chi connectivity index (χ0v) is 11.5. The van der Waals surface area contributed by atoms with Crippen LogP contribution in [0, 0.1) is 5.92 Å². The van der Waals surface area contributed by atoms with Crippen molar-refractivity contribution < 1.29 is 4.79 Å². The summed E-state index contributed by atoms with van der Waals surface area (Å²) in [5.41, 5.74) is 1.61. The summed E-state index contributed by atoms with van der Waals surface area (Å²) >= 11 is 5.83. The van der Waals surface area contributed by atoms with Gasteiger partial charge in [-0.2, -0.15) is 5.10 Å². The largest absolute Gasteiger partial charge is 0.308 e. The summed E-state index contributed by atoms with van der Waals surface area (Å²) in [4.78, 5) is 14.3. The van der Waals surface area contributed by atoms with Gasteiger partial charge in [0.15, 0.2) is 0 Å². The molecule has 1 aliphatic heterocycles. The maximum absolute atomic E-state index is 12.3. The molecule has 0 saturated carbocycles. The molecule has 4 nitrogen and oxygen atoms in total. The first-order chi connectivity index (χ1) is 8.49. The Morgan fingerprint density at radius 2 is 1.94 bits per heavy atom. The van der Waals surface area contributed by atoms with Crippen molar-refractivity contribution in [2.45, 2.75) is 6.92 Å². The first-order valence-electron chi connectivity index (χ1n) is 5.78. The Labute approximate surface area is 112 Å². The minimum Gasteiger partial charge on any atom is -0.308 e. The fraction of sp³-hybridized carbons (Fsp3) is 0.385. The molecule has 1 unspecified atom stereocenters. The summed E-state index contributed by atoms with van der Waals surface area (Å²) in [5.74, 6) is -0.140. The van der Waals surface area contributed by atoms with Crippen LogP contribution in [-0.2, 0) is 4.79 Å². The molecule has 1 heterocycles. The summed E-state index contributed by atoms with van der Waals surface area (Å²) in [5, 5.41) is 6.44. The van der Waals surface area contributed by atoms with Crippen molar-refractivity contribution in [3.63, 3.8) is 0 Å². The van der Waals surface area contributed by atoms with Gasteiger partial charge in [0.05, 0.1) is 11.6 Å². The molecule has 0 fully saturated rings. The molecule has 1 atom stereocenters. The maximum Gasteiger partial charge on any atom is 0.257 e. The van der Waals surface area contributed by atoms with E-state index >= 15 is 0 Å². The number of halogens is 1. The summed E-state index contributed by atoms with van der Waals surface area (Å²) in [7, 11) is 3.90. The van der Waals surface area contributed by atoms with Crippen LogP contribution in [0.5, 0.6) is 0 Å². The molecular weight excluding hydrogens is 250 g/mol. The highest BCUT2D eigenvalue weighted by molar-refractivity contribution is 6.30. The Hall–Kier alpha value is -1.39. The average molecular weight is 266 g/mol. The highest BCUT2D eigenvalue weighted by Gasteiger charge is 2.34. The standard InChI is InChI=1S/C13H16ClN3O/c1-9-12(8-16(2)3)13(18)17(15-9)11-6-4-10(14)5-7-11/h4-7,12H,8H2,1-3H3. The fourth-order valence-electron chi connectivity index (χ4n) is 1.95. The fourth-order valence-corrected chi connectivity index (χ4v) is 2.07. The first kappa shape index (κ1) is 13.1. The summed E-state index contributed by atoms with van der Waals surface area (Å²) < 4.78 is 0. The van der Waals surface area contributed by atoms with Crippen molar-refractivity contribution in [1.82, 2.24) is 4.90 Å². The lowest BCUT2D eigenvalue weighted by atomic mass is 10.0. The van der Waals surface area contributed by atoms with Crippen molar-refractivity contribution in [3.05, 3.63) is 29.3 Å². The van der Waals surface area contributed by atoms with Gasteiger partial charge >= 0.3 is 0 Å². The van der Waals surface area contributed by atoms with Crippen molar-refractivity contribution in [1.29, 1.82) is 0 Å². The number of nitrogens with zero attached hydrogens (tertiary/aromatic N) is 3. The Kier molecular flexibility index (Phi) is 3.68. The van der Waals surface area contributed by atoms with Gasteiger partial charge in [0.2, 0.25) is 0 Å². The molecule has 1 aromatic carbocycles. The Morgan fingerprint density at radius 1 is 1.33 bits per heavy atom. The molecule has 0 saturated heterocycles. The molecule has 0 spiro atoms. The number of rotatable bonds is 3. The van der Waals surface area contributed by atoms with E-state index < -0.39 is 0 Å². The van der Waals surface area contributed by atoms with Crippen LogP contribution in [0.3, 0.4) is 0 Å². The molecule has 1 aromatic rings. The third-order valence-corrected chi connectivity index (χ3v) is 3.14. The van der Waals surface area contributed by atoms with E-state index in [2.05, 4.69) is 5.10 Å². The lowest BCUT2D eigenvalue weighted by molar-refractivity contribution is -0.120. The number of carbonyl (C=O) groups is 1. The van der Waals surface area contributed by atoms with E-state index in [1.165, 1.54) is 5.01 Å². The lowest BCUT2D eigenvalue weighted by Gasteiger charge is -2.17. The molecule has 1 amide bonds. The second-order valence-electron chi connectivity index (χ2n) is 4.68. The van der Waals surface area contributed by atoms with E-state index in [0.29, 0.717) is 11.6 Å². The minimum atomic E-state index is -0.157. The van der Waals surface area contributed by atoms with E-state index in [1.54, 1.807) is 24.3 Å². The Morgan fingerprint density at radius 3 is 2.50 bits per heavy atom. The molecule has 5 heteroatoms. The van der Waals surface area contributed by atoms with E-state index in [9.17, 15) is 4.79 Å². The van der Waals surface area contributed by atoms with Crippen molar-refractivity contribution in [2.24, 2.45) is 11.0 Å². The predicted octanol–water partition coefficient (Wildman–Crippen LogP) is 2.24. The smallest absolute Gasteiger partial charge is 0.257 e. The van der Waals surface area contributed by atoms with Gasteiger partial charge in [0.25, 0.3) is 5.91 Å². The van der Waals surface area contributed by atoms with Crippen LogP contribution < -0.4 is 5.01 Å². The highest BCUT2D eigenvalue weighted by atomic mass is 35.5. The minimum absolute atomic E-state index is 0.0172. The topological polar surface area (TPSA) is 35.9 Å². The van der Waals surface area contributed by atoms with Gasteiger partial charge in [0.1, 0.15) is 0 Å². The molecule has 0 bridgehead atoms. The van der Waals surface area contributed by atoms with Crippen LogP contribution in [0.1, 0.15) is 6.92 Å². The Bertz CT molecular complexity index is 482. The van der Waals surface area contributed by atoms with Crippen LogP contribution in [0.4, 0.5) is 5.69 Å². The predicted molar refractivity (Wildman–Crippen MR) is 74.1 cm³/mol. The van der Waals surface area contributed by atoms with Gasteiger partial charge in [0, 0.05) is 17.3 Å². The summed E-state index contributed by atoms with van der Waals surface area (Å²) in [6, 6.07) is 7.12. The molecule has 0 radical (unpaired) electrons. The van der Waals surface area contributed by atoms with Gasteiger partial charge in [-0.25, -0.2) is 5.01 Å². The summed E-state index contributed by atoms with van der Waals surface area (Å²) in [6.07, 6.45) is 0. The lowest BCUT2D eigenvalue weighted by Crippen LogP contribution is -2.34. The van der Waals surface area contributed by atoms with Gasteiger partial charge in [-0.05, 0) is 45.3 Å². The number of hydrogen-bond acceptors (Lipinski definition) is 3. The number of anilines is 1. The van der Waals surface area contributed by atoms with Crippen LogP contribution in [0.15, 0.2) is 29.4 Å². The molecule has 0 aromatic heterocycles. The average Bonchev–Trinajstić information content (AvgIpc) is 2.58. The quantitative estimate of drug-likeness (QED) is 0.840. The summed E-state index contributed by atoms with van der Waals surface area (Å²) in [6.45, 7) is 2.57. The number of amides is 1. The SMILES string of the molecule is CC1=NN(c2ccc(Cl)cc2)C(=O)C1CN(C)C. The van der Waals surface area contributed by atoms with E-state index in [1.807, 2.05) is 25.9 Å². The monoisotopic (exact) mass is 265 g/mol. The van der Waals surface area contributed by atoms with Crippen molar-refractivity contribution in [3.8, 4) is 0 Å². The molecule has 2 rings (SSSR count). The van der Waals surface area contributed by atoms with Crippen LogP contribution in [0.25, 0.3) is 0 Å². The molecule has 96 valence electrons. The molecule has 18 heavy (non-hydrogen) atoms. The molecule has 0 N–H and O–H groups in total. The van der Waals surface area contributed by atoms with Gasteiger partial charge in [-0.15, -0.1) is 0 Å². The van der Waals surface area contributed by atoms with Crippen LogP contribution in [0.2, 0.25) is 5.02 Å². The zero-order valence-electron chi connectivity index (χ0n) is 10.7. The van der Waals surface area contributed by atoms with Crippen molar-refractivity contribution >= 4 is 28.9 Å². The molecule has 1 aliphatic rings. The van der Waals surface area contributed by atoms with Crippen LogP contribution in [-0.4, -0.2) is 37.2 Å². The second kappa shape index (κ2) is 5.08. The van der Waals surface area contributed by atoms with Crippen molar-refractivity contribution in [2.75, 3.05) is 25.6 Å². The second-order valence-corrected chi connectivity index (χ2v) is 5.12. The van der Waals surface area contributed by atoms with Gasteiger partial charge in [-0.3, -0.25) is 4.79 Å². The normalized spacial score (nSPS) is 19.6. The van der Waals surface area contributed by atoms with E-state index in [0.717, 1.165) is 11.4 Å². The zero-order chi connectivity index (χ0) is 13.3. The molecular formula is C13H16ClN3O. The highest BCUT2D eigenvalue weighted by Crippen LogP contribution is 2.25. The third kappa shape index (κ3) is 2.54. The molecule has 0 aliphatic carbocycles. The van der Waals surface area contributed by atoms with Crippen LogP contribution >= 0.6 is 11.6 Å².